The highest BCUT2D eigenvalue weighted by molar-refractivity contribution is 7.80. The Hall–Kier alpha value is -2.93. The third-order valence-corrected chi connectivity index (χ3v) is 7.10. The van der Waals surface area contributed by atoms with Gasteiger partial charge in [0.05, 0.1) is 28.5 Å². The average Bonchev–Trinajstić information content (AvgIpc) is 3.30. The van der Waals surface area contributed by atoms with Crippen molar-refractivity contribution in [2.24, 2.45) is 0 Å². The number of thiocarbonyl (C=S) groups is 1. The molecule has 5 rings (SSSR count). The molecule has 1 N–H and O–H groups in total. The number of nitrogens with zero attached hydrogens (tertiary/aromatic N) is 4. The highest BCUT2D eigenvalue weighted by Gasteiger charge is 2.41. The minimum absolute atomic E-state index is 0.0615. The van der Waals surface area contributed by atoms with Crippen LogP contribution >= 0.6 is 35.4 Å². The molecule has 0 bridgehead atoms. The summed E-state index contributed by atoms with van der Waals surface area (Å²) in [5, 5.41) is 5.44. The second-order valence-corrected chi connectivity index (χ2v) is 9.60. The fraction of sp³-hybridized carbons (Fsp3) is 0.192. The summed E-state index contributed by atoms with van der Waals surface area (Å²) in [6.45, 7) is 4.84. The Balaban J connectivity index is 1.63. The summed E-state index contributed by atoms with van der Waals surface area (Å²) in [4.78, 5) is 11.2. The lowest BCUT2D eigenvalue weighted by Gasteiger charge is -2.28. The molecular weight excluding hydrogens is 485 g/mol. The first-order valence-electron chi connectivity index (χ1n) is 11.0. The first kappa shape index (κ1) is 22.8. The Morgan fingerprint density at radius 1 is 1.03 bits per heavy atom. The van der Waals surface area contributed by atoms with E-state index in [0.29, 0.717) is 21.7 Å². The van der Waals surface area contributed by atoms with Crippen LogP contribution in [0.4, 0.5) is 0 Å². The van der Waals surface area contributed by atoms with Gasteiger partial charge in [0, 0.05) is 41.5 Å². The van der Waals surface area contributed by atoms with Gasteiger partial charge in [0.2, 0.25) is 0 Å². The van der Waals surface area contributed by atoms with Crippen LogP contribution in [0.5, 0.6) is 0 Å². The molecular formula is C26H23Cl2N5S. The number of nitrogens with one attached hydrogen (secondary N) is 1. The maximum Gasteiger partial charge on any atom is 0.170 e. The number of hydrogen-bond acceptors (Lipinski definition) is 3. The van der Waals surface area contributed by atoms with Crippen LogP contribution in [0.2, 0.25) is 10.0 Å². The zero-order chi connectivity index (χ0) is 23.8. The van der Waals surface area contributed by atoms with Crippen LogP contribution in [0.3, 0.4) is 0 Å². The third kappa shape index (κ3) is 4.17. The molecule has 1 aliphatic heterocycles. The van der Waals surface area contributed by atoms with E-state index in [-0.39, 0.29) is 12.1 Å². The SMILES string of the molecule is Cc1cc([C@@H]2[C@@H](c3ccccn3)NC(=S)N2Cc2cccnc2)c(C)n1-c1ccc(Cl)cc1Cl. The highest BCUT2D eigenvalue weighted by Crippen LogP contribution is 2.42. The molecule has 3 aromatic heterocycles. The number of benzene rings is 1. The van der Waals surface area contributed by atoms with Gasteiger partial charge in [0.15, 0.2) is 5.11 Å². The molecule has 5 nitrogen and oxygen atoms in total. The minimum atomic E-state index is -0.0972. The van der Waals surface area contributed by atoms with E-state index in [4.69, 9.17) is 35.4 Å². The van der Waals surface area contributed by atoms with Gasteiger partial charge < -0.3 is 14.8 Å². The fourth-order valence-corrected chi connectivity index (χ4v) is 5.52. The van der Waals surface area contributed by atoms with Crippen molar-refractivity contribution >= 4 is 40.5 Å². The summed E-state index contributed by atoms with van der Waals surface area (Å²) in [5.41, 5.74) is 6.26. The molecule has 34 heavy (non-hydrogen) atoms. The molecule has 1 aromatic carbocycles. The second kappa shape index (κ2) is 9.37. The van der Waals surface area contributed by atoms with Crippen molar-refractivity contribution < 1.29 is 0 Å². The predicted molar refractivity (Wildman–Crippen MR) is 140 cm³/mol. The summed E-state index contributed by atoms with van der Waals surface area (Å²) < 4.78 is 2.17. The predicted octanol–water partition coefficient (Wildman–Crippen LogP) is 6.36. The minimum Gasteiger partial charge on any atom is -0.352 e. The zero-order valence-electron chi connectivity index (χ0n) is 18.7. The molecule has 0 amide bonds. The van der Waals surface area contributed by atoms with Crippen molar-refractivity contribution in [2.45, 2.75) is 32.5 Å². The van der Waals surface area contributed by atoms with Crippen molar-refractivity contribution in [3.63, 3.8) is 0 Å². The highest BCUT2D eigenvalue weighted by atomic mass is 35.5. The molecule has 0 saturated carbocycles. The van der Waals surface area contributed by atoms with Gasteiger partial charge in [0.25, 0.3) is 0 Å². The van der Waals surface area contributed by atoms with E-state index in [2.05, 4.69) is 50.7 Å². The van der Waals surface area contributed by atoms with E-state index in [1.807, 2.05) is 48.8 Å². The summed E-state index contributed by atoms with van der Waals surface area (Å²) in [6, 6.07) is 17.6. The monoisotopic (exact) mass is 507 g/mol. The summed E-state index contributed by atoms with van der Waals surface area (Å²) in [6.07, 6.45) is 5.48. The van der Waals surface area contributed by atoms with E-state index < -0.39 is 0 Å². The molecule has 1 saturated heterocycles. The quantitative estimate of drug-likeness (QED) is 0.318. The van der Waals surface area contributed by atoms with Gasteiger partial charge in [-0.15, -0.1) is 0 Å². The molecule has 0 unspecified atom stereocenters. The van der Waals surface area contributed by atoms with E-state index >= 15 is 0 Å². The Morgan fingerprint density at radius 3 is 2.59 bits per heavy atom. The van der Waals surface area contributed by atoms with Crippen LogP contribution in [0, 0.1) is 13.8 Å². The molecule has 1 fully saturated rings. The van der Waals surface area contributed by atoms with E-state index in [1.165, 1.54) is 0 Å². The largest absolute Gasteiger partial charge is 0.352 e. The number of aryl methyl sites for hydroxylation is 1. The molecule has 0 spiro atoms. The number of pyridine rings is 2. The van der Waals surface area contributed by atoms with Gasteiger partial charge in [-0.1, -0.05) is 35.3 Å². The van der Waals surface area contributed by atoms with Gasteiger partial charge in [0.1, 0.15) is 0 Å². The smallest absolute Gasteiger partial charge is 0.170 e. The Bertz CT molecular complexity index is 1340. The van der Waals surface area contributed by atoms with Crippen LogP contribution in [0.15, 0.2) is 73.2 Å². The van der Waals surface area contributed by atoms with Crippen molar-refractivity contribution in [2.75, 3.05) is 0 Å². The normalized spacial score (nSPS) is 17.8. The second-order valence-electron chi connectivity index (χ2n) is 8.37. The zero-order valence-corrected chi connectivity index (χ0v) is 21.1. The van der Waals surface area contributed by atoms with Crippen LogP contribution in [-0.4, -0.2) is 24.5 Å². The standard InChI is InChI=1S/C26H23Cl2N5S/c1-16-12-20(17(2)33(16)23-9-8-19(27)13-21(23)28)25-24(22-7-3-4-11-30-22)31-26(34)32(25)15-18-6-5-10-29-14-18/h3-14,24-25H,15H2,1-2H3,(H,31,34)/t24-,25-/m1/s1. The number of rotatable bonds is 5. The van der Waals surface area contributed by atoms with Gasteiger partial charge in [-0.3, -0.25) is 9.97 Å². The van der Waals surface area contributed by atoms with E-state index in [0.717, 1.165) is 33.9 Å². The lowest BCUT2D eigenvalue weighted by molar-refractivity contribution is 0.310. The van der Waals surface area contributed by atoms with Gasteiger partial charge in [-0.25, -0.2) is 0 Å². The van der Waals surface area contributed by atoms with E-state index in [1.54, 1.807) is 12.3 Å². The maximum atomic E-state index is 6.59. The Morgan fingerprint density at radius 2 is 1.88 bits per heavy atom. The van der Waals surface area contributed by atoms with Crippen LogP contribution in [0.25, 0.3) is 5.69 Å². The van der Waals surface area contributed by atoms with Crippen molar-refractivity contribution in [1.29, 1.82) is 0 Å². The van der Waals surface area contributed by atoms with Gasteiger partial charge >= 0.3 is 0 Å². The maximum absolute atomic E-state index is 6.59. The van der Waals surface area contributed by atoms with Crippen molar-refractivity contribution in [1.82, 2.24) is 24.8 Å². The first-order chi connectivity index (χ1) is 16.4. The molecule has 0 radical (unpaired) electrons. The van der Waals surface area contributed by atoms with Crippen molar-refractivity contribution in [3.8, 4) is 5.69 Å². The Labute approximate surface area is 214 Å². The van der Waals surface area contributed by atoms with Gasteiger partial charge in [-0.05, 0) is 79.7 Å². The molecule has 1 aliphatic rings. The van der Waals surface area contributed by atoms with Crippen LogP contribution < -0.4 is 5.32 Å². The summed E-state index contributed by atoms with van der Waals surface area (Å²) in [5.74, 6) is 0. The molecule has 4 heterocycles. The number of halogens is 2. The molecule has 4 aromatic rings. The van der Waals surface area contributed by atoms with Crippen LogP contribution in [-0.2, 0) is 6.54 Å². The van der Waals surface area contributed by atoms with Crippen LogP contribution in [0.1, 0.15) is 40.3 Å². The number of aromatic nitrogens is 3. The molecule has 2 atom stereocenters. The lowest BCUT2D eigenvalue weighted by Crippen LogP contribution is -2.29. The summed E-state index contributed by atoms with van der Waals surface area (Å²) >= 11 is 18.6. The van der Waals surface area contributed by atoms with E-state index in [9.17, 15) is 0 Å². The van der Waals surface area contributed by atoms with Gasteiger partial charge in [-0.2, -0.15) is 0 Å². The molecule has 8 heteroatoms. The third-order valence-electron chi connectivity index (χ3n) is 6.21. The first-order valence-corrected chi connectivity index (χ1v) is 12.1. The summed E-state index contributed by atoms with van der Waals surface area (Å²) in [7, 11) is 0. The van der Waals surface area contributed by atoms with Crippen molar-refractivity contribution in [3.05, 3.63) is 111 Å². The number of hydrogen-bond donors (Lipinski definition) is 1. The lowest BCUT2D eigenvalue weighted by atomic mass is 9.96. The fourth-order valence-electron chi connectivity index (χ4n) is 4.72. The average molecular weight is 508 g/mol. The molecule has 0 aliphatic carbocycles. The Kier molecular flexibility index (Phi) is 6.30. The topological polar surface area (TPSA) is 46.0 Å². The molecule has 172 valence electrons.